The molecule has 0 fully saturated rings. The largest absolute Gasteiger partial charge is 0.345 e. The molecule has 0 bridgehead atoms. The molecule has 0 atom stereocenters. The molecule has 4 nitrogen and oxygen atoms in total. The van der Waals surface area contributed by atoms with Gasteiger partial charge in [-0.2, -0.15) is 0 Å². The van der Waals surface area contributed by atoms with Crippen LogP contribution >= 0.6 is 11.6 Å². The zero-order chi connectivity index (χ0) is 15.5. The number of amides is 1. The summed E-state index contributed by atoms with van der Waals surface area (Å²) in [7, 11) is 0. The van der Waals surface area contributed by atoms with Crippen molar-refractivity contribution in [3.05, 3.63) is 64.9 Å². The molecule has 0 unspecified atom stereocenters. The van der Waals surface area contributed by atoms with Gasteiger partial charge in [-0.3, -0.25) is 4.79 Å². The van der Waals surface area contributed by atoms with Crippen LogP contribution in [0.5, 0.6) is 0 Å². The Morgan fingerprint density at radius 3 is 2.82 bits per heavy atom. The number of para-hydroxylation sites is 2. The van der Waals surface area contributed by atoms with E-state index in [4.69, 9.17) is 11.6 Å². The van der Waals surface area contributed by atoms with Gasteiger partial charge in [-0.25, -0.2) is 4.98 Å². The fraction of sp³-hybridized carbons (Fsp3) is 0.176. The van der Waals surface area contributed by atoms with Gasteiger partial charge in [-0.05, 0) is 37.3 Å². The number of benzene rings is 2. The number of hydrogen-bond acceptors (Lipinski definition) is 2. The molecule has 1 aromatic heterocycles. The van der Waals surface area contributed by atoms with Crippen LogP contribution in [0.25, 0.3) is 11.0 Å². The van der Waals surface area contributed by atoms with Gasteiger partial charge in [0.25, 0.3) is 5.91 Å². The Bertz CT molecular complexity index is 826. The van der Waals surface area contributed by atoms with E-state index in [1.165, 1.54) is 0 Å². The lowest BCUT2D eigenvalue weighted by molar-refractivity contribution is 0.0949. The monoisotopic (exact) mass is 313 g/mol. The molecule has 0 spiro atoms. The van der Waals surface area contributed by atoms with Crippen molar-refractivity contribution in [2.24, 2.45) is 0 Å². The smallest absolute Gasteiger partial charge is 0.251 e. The standard InChI is InChI=1S/C17H16ClN3O/c1-2-21-15-9-4-3-8-14(15)20-16(21)11-19-17(22)12-6-5-7-13(18)10-12/h3-10H,2,11H2,1H3,(H,19,22). The van der Waals surface area contributed by atoms with Crippen LogP contribution in [0, 0.1) is 0 Å². The predicted molar refractivity (Wildman–Crippen MR) is 88.0 cm³/mol. The summed E-state index contributed by atoms with van der Waals surface area (Å²) in [5.74, 6) is 0.691. The summed E-state index contributed by atoms with van der Waals surface area (Å²) in [6, 6.07) is 14.9. The number of nitrogens with one attached hydrogen (secondary N) is 1. The van der Waals surface area contributed by atoms with E-state index in [0.717, 1.165) is 23.4 Å². The summed E-state index contributed by atoms with van der Waals surface area (Å²) in [5.41, 5.74) is 2.57. The molecule has 5 heteroatoms. The lowest BCUT2D eigenvalue weighted by atomic mass is 10.2. The first-order valence-corrected chi connectivity index (χ1v) is 7.54. The highest BCUT2D eigenvalue weighted by Crippen LogP contribution is 2.16. The Labute approximate surface area is 133 Å². The molecule has 0 saturated carbocycles. The van der Waals surface area contributed by atoms with Crippen LogP contribution in [0.2, 0.25) is 5.02 Å². The van der Waals surface area contributed by atoms with E-state index in [1.807, 2.05) is 24.3 Å². The SMILES string of the molecule is CCn1c(CNC(=O)c2cccc(Cl)c2)nc2ccccc21. The van der Waals surface area contributed by atoms with E-state index in [0.29, 0.717) is 17.1 Å². The predicted octanol–water partition coefficient (Wildman–Crippen LogP) is 3.64. The zero-order valence-corrected chi connectivity index (χ0v) is 13.0. The first-order chi connectivity index (χ1) is 10.7. The van der Waals surface area contributed by atoms with E-state index >= 15 is 0 Å². The number of carbonyl (C=O) groups excluding carboxylic acids is 1. The molecule has 112 valence electrons. The van der Waals surface area contributed by atoms with E-state index in [2.05, 4.69) is 21.8 Å². The molecule has 0 aliphatic carbocycles. The first kappa shape index (κ1) is 14.6. The van der Waals surface area contributed by atoms with Gasteiger partial charge in [0.2, 0.25) is 0 Å². The Kier molecular flexibility index (Phi) is 4.11. The van der Waals surface area contributed by atoms with E-state index in [-0.39, 0.29) is 5.91 Å². The number of hydrogen-bond donors (Lipinski definition) is 1. The number of imidazole rings is 1. The van der Waals surface area contributed by atoms with Gasteiger partial charge < -0.3 is 9.88 Å². The van der Waals surface area contributed by atoms with Gasteiger partial charge >= 0.3 is 0 Å². The summed E-state index contributed by atoms with van der Waals surface area (Å²) in [6.07, 6.45) is 0. The lowest BCUT2D eigenvalue weighted by Gasteiger charge is -2.08. The van der Waals surface area contributed by atoms with Crippen molar-refractivity contribution in [3.63, 3.8) is 0 Å². The van der Waals surface area contributed by atoms with Crippen molar-refractivity contribution in [1.29, 1.82) is 0 Å². The molecule has 0 aliphatic heterocycles. The van der Waals surface area contributed by atoms with E-state index < -0.39 is 0 Å². The number of rotatable bonds is 4. The van der Waals surface area contributed by atoms with Crippen molar-refractivity contribution < 1.29 is 4.79 Å². The highest BCUT2D eigenvalue weighted by atomic mass is 35.5. The molecule has 3 rings (SSSR count). The molecule has 2 aromatic carbocycles. The second-order valence-corrected chi connectivity index (χ2v) is 5.39. The molecule has 1 heterocycles. The second-order valence-electron chi connectivity index (χ2n) is 4.95. The average molecular weight is 314 g/mol. The topological polar surface area (TPSA) is 46.9 Å². The molecule has 22 heavy (non-hydrogen) atoms. The van der Waals surface area contributed by atoms with Crippen LogP contribution in [0.15, 0.2) is 48.5 Å². The fourth-order valence-electron chi connectivity index (χ4n) is 2.50. The fourth-order valence-corrected chi connectivity index (χ4v) is 2.69. The summed E-state index contributed by atoms with van der Waals surface area (Å²) < 4.78 is 2.10. The number of aryl methyl sites for hydroxylation is 1. The van der Waals surface area contributed by atoms with Crippen molar-refractivity contribution in [1.82, 2.24) is 14.9 Å². The Balaban J connectivity index is 1.80. The molecular weight excluding hydrogens is 298 g/mol. The molecule has 1 N–H and O–H groups in total. The third kappa shape index (κ3) is 2.83. The Morgan fingerprint density at radius 1 is 1.23 bits per heavy atom. The van der Waals surface area contributed by atoms with Gasteiger partial charge in [0.05, 0.1) is 17.6 Å². The van der Waals surface area contributed by atoms with Crippen LogP contribution in [0.1, 0.15) is 23.1 Å². The van der Waals surface area contributed by atoms with Crippen LogP contribution in [0.3, 0.4) is 0 Å². The van der Waals surface area contributed by atoms with Crippen LogP contribution < -0.4 is 5.32 Å². The molecular formula is C17H16ClN3O. The number of halogens is 1. The van der Waals surface area contributed by atoms with Crippen LogP contribution in [-0.4, -0.2) is 15.5 Å². The lowest BCUT2D eigenvalue weighted by Crippen LogP contribution is -2.24. The highest BCUT2D eigenvalue weighted by Gasteiger charge is 2.11. The van der Waals surface area contributed by atoms with Crippen LogP contribution in [0.4, 0.5) is 0 Å². The highest BCUT2D eigenvalue weighted by molar-refractivity contribution is 6.30. The molecule has 3 aromatic rings. The summed E-state index contributed by atoms with van der Waals surface area (Å²) in [6.45, 7) is 3.26. The molecule has 0 saturated heterocycles. The summed E-state index contributed by atoms with van der Waals surface area (Å²) >= 11 is 5.91. The number of fused-ring (bicyclic) bond motifs is 1. The molecule has 0 radical (unpaired) electrons. The number of nitrogens with zero attached hydrogens (tertiary/aromatic N) is 2. The number of carbonyl (C=O) groups is 1. The maximum atomic E-state index is 12.2. The van der Waals surface area contributed by atoms with Gasteiger partial charge in [-0.15, -0.1) is 0 Å². The minimum Gasteiger partial charge on any atom is -0.345 e. The Hall–Kier alpha value is -2.33. The minimum absolute atomic E-state index is 0.155. The number of aromatic nitrogens is 2. The van der Waals surface area contributed by atoms with Gasteiger partial charge in [0, 0.05) is 17.1 Å². The normalized spacial score (nSPS) is 10.8. The second kappa shape index (κ2) is 6.20. The third-order valence-corrected chi connectivity index (χ3v) is 3.78. The van der Waals surface area contributed by atoms with Crippen molar-refractivity contribution in [2.45, 2.75) is 20.0 Å². The van der Waals surface area contributed by atoms with Gasteiger partial charge in [0.15, 0.2) is 0 Å². The van der Waals surface area contributed by atoms with E-state index in [1.54, 1.807) is 24.3 Å². The average Bonchev–Trinajstić information content (AvgIpc) is 2.90. The van der Waals surface area contributed by atoms with E-state index in [9.17, 15) is 4.79 Å². The van der Waals surface area contributed by atoms with Gasteiger partial charge in [0.1, 0.15) is 5.82 Å². The zero-order valence-electron chi connectivity index (χ0n) is 12.2. The van der Waals surface area contributed by atoms with Crippen molar-refractivity contribution in [3.8, 4) is 0 Å². The maximum Gasteiger partial charge on any atom is 0.251 e. The summed E-state index contributed by atoms with van der Waals surface area (Å²) in [5, 5.41) is 3.45. The van der Waals surface area contributed by atoms with Gasteiger partial charge in [-0.1, -0.05) is 29.8 Å². The quantitative estimate of drug-likeness (QED) is 0.799. The summed E-state index contributed by atoms with van der Waals surface area (Å²) in [4.78, 5) is 16.8. The Morgan fingerprint density at radius 2 is 2.05 bits per heavy atom. The van der Waals surface area contributed by atoms with Crippen molar-refractivity contribution in [2.75, 3.05) is 0 Å². The maximum absolute atomic E-state index is 12.2. The van der Waals surface area contributed by atoms with Crippen LogP contribution in [-0.2, 0) is 13.1 Å². The molecule has 0 aliphatic rings. The minimum atomic E-state index is -0.155. The third-order valence-electron chi connectivity index (χ3n) is 3.54. The molecule has 1 amide bonds. The van der Waals surface area contributed by atoms with Crippen molar-refractivity contribution >= 4 is 28.5 Å². The first-order valence-electron chi connectivity index (χ1n) is 7.17.